The van der Waals surface area contributed by atoms with Crippen LogP contribution >= 0.6 is 0 Å². The molecule has 1 N–H and O–H groups in total. The van der Waals surface area contributed by atoms with Crippen LogP contribution in [0.5, 0.6) is 0 Å². The lowest BCUT2D eigenvalue weighted by molar-refractivity contribution is -0.142. The first kappa shape index (κ1) is 8.04. The van der Waals surface area contributed by atoms with Gasteiger partial charge in [-0.1, -0.05) is 0 Å². The van der Waals surface area contributed by atoms with Crippen molar-refractivity contribution in [2.24, 2.45) is 5.92 Å². The lowest BCUT2D eigenvalue weighted by atomic mass is 10.0. The van der Waals surface area contributed by atoms with Crippen LogP contribution in [0.4, 0.5) is 0 Å². The van der Waals surface area contributed by atoms with Gasteiger partial charge in [0.05, 0.1) is 5.92 Å². The summed E-state index contributed by atoms with van der Waals surface area (Å²) in [6.45, 7) is 1.75. The number of hydrogen-bond acceptors (Lipinski definition) is 2. The lowest BCUT2D eigenvalue weighted by Gasteiger charge is -2.17. The van der Waals surface area contributed by atoms with E-state index in [9.17, 15) is 9.59 Å². The van der Waals surface area contributed by atoms with Gasteiger partial charge in [0.1, 0.15) is 0 Å². The Hall–Kier alpha value is -1.06. The van der Waals surface area contributed by atoms with Crippen molar-refractivity contribution in [2.45, 2.75) is 19.4 Å². The maximum atomic E-state index is 11.0. The van der Waals surface area contributed by atoms with Crippen molar-refractivity contribution >= 4 is 11.9 Å². The van der Waals surface area contributed by atoms with Crippen molar-refractivity contribution < 1.29 is 14.7 Å². The molecule has 1 heterocycles. The van der Waals surface area contributed by atoms with Crippen LogP contribution in [0.25, 0.3) is 0 Å². The van der Waals surface area contributed by atoms with Gasteiger partial charge in [0.15, 0.2) is 0 Å². The Balaban J connectivity index is 2.74. The summed E-state index contributed by atoms with van der Waals surface area (Å²) < 4.78 is 0. The van der Waals surface area contributed by atoms with E-state index in [0.717, 1.165) is 0 Å². The molecule has 0 spiro atoms. The fourth-order valence-corrected chi connectivity index (χ4v) is 1.29. The average molecular weight is 157 g/mol. The molecule has 0 aromatic heterocycles. The van der Waals surface area contributed by atoms with Crippen molar-refractivity contribution in [2.75, 3.05) is 7.05 Å². The minimum absolute atomic E-state index is 0.0788. The van der Waals surface area contributed by atoms with E-state index in [1.165, 1.54) is 4.90 Å². The maximum absolute atomic E-state index is 11.0. The zero-order valence-electron chi connectivity index (χ0n) is 6.57. The molecular weight excluding hydrogens is 146 g/mol. The highest BCUT2D eigenvalue weighted by Gasteiger charge is 2.38. The Labute approximate surface area is 64.8 Å². The zero-order chi connectivity index (χ0) is 8.59. The molecule has 1 aliphatic heterocycles. The van der Waals surface area contributed by atoms with Gasteiger partial charge >= 0.3 is 5.97 Å². The van der Waals surface area contributed by atoms with Crippen LogP contribution in [0.1, 0.15) is 13.3 Å². The van der Waals surface area contributed by atoms with Crippen molar-refractivity contribution in [3.05, 3.63) is 0 Å². The molecule has 0 aromatic rings. The van der Waals surface area contributed by atoms with Gasteiger partial charge in [-0.2, -0.15) is 0 Å². The van der Waals surface area contributed by atoms with E-state index in [2.05, 4.69) is 0 Å². The van der Waals surface area contributed by atoms with Gasteiger partial charge in [-0.05, 0) is 6.92 Å². The van der Waals surface area contributed by atoms with Crippen LogP contribution in [0.15, 0.2) is 0 Å². The van der Waals surface area contributed by atoms with Crippen molar-refractivity contribution in [1.29, 1.82) is 0 Å². The number of carboxylic acids is 1. The van der Waals surface area contributed by atoms with E-state index in [1.54, 1.807) is 14.0 Å². The number of aliphatic carboxylic acids is 1. The van der Waals surface area contributed by atoms with Crippen LogP contribution in [-0.4, -0.2) is 35.0 Å². The second-order valence-corrected chi connectivity index (χ2v) is 2.89. The monoisotopic (exact) mass is 157 g/mol. The SMILES string of the molecule is CC1C(C(=O)O)CC(=O)N1C. The van der Waals surface area contributed by atoms with Gasteiger partial charge < -0.3 is 10.0 Å². The molecule has 0 saturated carbocycles. The lowest BCUT2D eigenvalue weighted by Crippen LogP contribution is -2.31. The normalized spacial score (nSPS) is 31.1. The quantitative estimate of drug-likeness (QED) is 0.580. The minimum atomic E-state index is -0.879. The van der Waals surface area contributed by atoms with Crippen molar-refractivity contribution in [3.63, 3.8) is 0 Å². The number of carbonyl (C=O) groups is 2. The molecule has 4 heteroatoms. The number of likely N-dealkylation sites (tertiary alicyclic amines) is 1. The number of hydrogen-bond donors (Lipinski definition) is 1. The third-order valence-corrected chi connectivity index (χ3v) is 2.30. The summed E-state index contributed by atoms with van der Waals surface area (Å²) in [5.41, 5.74) is 0. The van der Waals surface area contributed by atoms with Crippen molar-refractivity contribution in [3.8, 4) is 0 Å². The first-order chi connectivity index (χ1) is 5.04. The number of carbonyl (C=O) groups excluding carboxylic acids is 1. The molecule has 0 radical (unpaired) electrons. The van der Waals surface area contributed by atoms with Gasteiger partial charge in [0, 0.05) is 19.5 Å². The molecule has 1 aliphatic rings. The van der Waals surface area contributed by atoms with Crippen LogP contribution in [0.3, 0.4) is 0 Å². The highest BCUT2D eigenvalue weighted by atomic mass is 16.4. The van der Waals surface area contributed by atoms with E-state index < -0.39 is 11.9 Å². The Kier molecular flexibility index (Phi) is 1.85. The van der Waals surface area contributed by atoms with Gasteiger partial charge in [-0.3, -0.25) is 9.59 Å². The van der Waals surface area contributed by atoms with Crippen LogP contribution in [-0.2, 0) is 9.59 Å². The molecular formula is C7H11NO3. The zero-order valence-corrected chi connectivity index (χ0v) is 6.57. The molecule has 1 saturated heterocycles. The Bertz CT molecular complexity index is 202. The van der Waals surface area contributed by atoms with Crippen LogP contribution in [0, 0.1) is 5.92 Å². The maximum Gasteiger partial charge on any atom is 0.309 e. The average Bonchev–Trinajstić information content (AvgIpc) is 2.17. The largest absolute Gasteiger partial charge is 0.481 e. The molecule has 11 heavy (non-hydrogen) atoms. The highest BCUT2D eigenvalue weighted by Crippen LogP contribution is 2.23. The summed E-state index contributed by atoms with van der Waals surface area (Å²) in [5, 5.41) is 8.64. The van der Waals surface area contributed by atoms with E-state index in [-0.39, 0.29) is 18.4 Å². The Morgan fingerprint density at radius 2 is 2.27 bits per heavy atom. The predicted molar refractivity (Wildman–Crippen MR) is 38.0 cm³/mol. The predicted octanol–water partition coefficient (Wildman–Crippen LogP) is -0.0622. The molecule has 1 amide bonds. The van der Waals surface area contributed by atoms with Crippen molar-refractivity contribution in [1.82, 2.24) is 4.90 Å². The number of nitrogens with zero attached hydrogens (tertiary/aromatic N) is 1. The molecule has 0 aromatic carbocycles. The molecule has 2 atom stereocenters. The van der Waals surface area contributed by atoms with E-state index in [1.807, 2.05) is 0 Å². The summed E-state index contributed by atoms with van der Waals surface area (Å²) in [4.78, 5) is 23.0. The van der Waals surface area contributed by atoms with E-state index in [0.29, 0.717) is 0 Å². The van der Waals surface area contributed by atoms with Gasteiger partial charge in [-0.15, -0.1) is 0 Å². The van der Waals surface area contributed by atoms with Crippen LogP contribution < -0.4 is 0 Å². The van der Waals surface area contributed by atoms with Gasteiger partial charge in [0.25, 0.3) is 0 Å². The van der Waals surface area contributed by atoms with E-state index in [4.69, 9.17) is 5.11 Å². The first-order valence-electron chi connectivity index (χ1n) is 3.52. The summed E-state index contributed by atoms with van der Waals surface area (Å²) in [6.07, 6.45) is 0.146. The Morgan fingerprint density at radius 3 is 2.45 bits per heavy atom. The highest BCUT2D eigenvalue weighted by molar-refractivity contribution is 5.86. The van der Waals surface area contributed by atoms with Gasteiger partial charge in [-0.25, -0.2) is 0 Å². The molecule has 2 unspecified atom stereocenters. The molecule has 0 aliphatic carbocycles. The Morgan fingerprint density at radius 1 is 1.73 bits per heavy atom. The second kappa shape index (κ2) is 2.53. The van der Waals surface area contributed by atoms with E-state index >= 15 is 0 Å². The summed E-state index contributed by atoms with van der Waals surface area (Å²) in [5.74, 6) is -1.48. The van der Waals surface area contributed by atoms with Gasteiger partial charge in [0.2, 0.25) is 5.91 Å². The third-order valence-electron chi connectivity index (χ3n) is 2.30. The first-order valence-corrected chi connectivity index (χ1v) is 3.52. The summed E-state index contributed by atoms with van der Waals surface area (Å²) in [6, 6.07) is -0.167. The topological polar surface area (TPSA) is 57.6 Å². The molecule has 0 bridgehead atoms. The number of amides is 1. The number of carboxylic acid groups (broad SMARTS) is 1. The number of rotatable bonds is 1. The standard InChI is InChI=1S/C7H11NO3/c1-4-5(7(10)11)3-6(9)8(4)2/h4-5H,3H2,1-2H3,(H,10,11). The minimum Gasteiger partial charge on any atom is -0.481 e. The third kappa shape index (κ3) is 1.20. The molecule has 1 rings (SSSR count). The molecule has 62 valence electrons. The van der Waals surface area contributed by atoms with Crippen LogP contribution in [0.2, 0.25) is 0 Å². The molecule has 4 nitrogen and oxygen atoms in total. The fourth-order valence-electron chi connectivity index (χ4n) is 1.29. The fraction of sp³-hybridized carbons (Fsp3) is 0.714. The second-order valence-electron chi connectivity index (χ2n) is 2.89. The summed E-state index contributed by atoms with van der Waals surface area (Å²) >= 11 is 0. The smallest absolute Gasteiger partial charge is 0.309 e. The molecule has 1 fully saturated rings. The summed E-state index contributed by atoms with van der Waals surface area (Å²) in [7, 11) is 1.63.